The fourth-order valence-electron chi connectivity index (χ4n) is 1.93. The molecule has 0 aliphatic heterocycles. The summed E-state index contributed by atoms with van der Waals surface area (Å²) in [4.78, 5) is 21.8. The van der Waals surface area contributed by atoms with E-state index in [1.54, 1.807) is 14.0 Å². The molecular weight excluding hydrogens is 343 g/mol. The summed E-state index contributed by atoms with van der Waals surface area (Å²) in [6.45, 7) is 1.68. The lowest BCUT2D eigenvalue weighted by Crippen LogP contribution is -1.97. The van der Waals surface area contributed by atoms with E-state index in [0.717, 1.165) is 6.08 Å². The molecule has 1 heterocycles. The lowest BCUT2D eigenvalue weighted by atomic mass is 10.2. The summed E-state index contributed by atoms with van der Waals surface area (Å²) >= 11 is 12.1. The minimum atomic E-state index is -1.11. The number of hydrogen-bond acceptors (Lipinski definition) is 4. The number of aryl methyl sites for hydroxylation is 2. The zero-order chi connectivity index (χ0) is 17.1. The Morgan fingerprint density at radius 1 is 1.35 bits per heavy atom. The number of benzene rings is 1. The fourth-order valence-corrected chi connectivity index (χ4v) is 2.41. The Morgan fingerprint density at radius 2 is 2.04 bits per heavy atom. The van der Waals surface area contributed by atoms with Crippen molar-refractivity contribution in [3.8, 4) is 11.6 Å². The predicted molar refractivity (Wildman–Crippen MR) is 86.5 cm³/mol. The van der Waals surface area contributed by atoms with Gasteiger partial charge in [0.25, 0.3) is 0 Å². The van der Waals surface area contributed by atoms with E-state index in [-0.39, 0.29) is 21.7 Å². The lowest BCUT2D eigenvalue weighted by Gasteiger charge is -2.10. The molecule has 0 aliphatic rings. The zero-order valence-corrected chi connectivity index (χ0v) is 13.7. The molecule has 2 aromatic rings. The number of rotatable bonds is 5. The highest BCUT2D eigenvalue weighted by Crippen LogP contribution is 2.36. The highest BCUT2D eigenvalue weighted by molar-refractivity contribution is 6.36. The quantitative estimate of drug-likeness (QED) is 0.653. The number of carbonyl (C=O) groups excluding carboxylic acids is 1. The zero-order valence-electron chi connectivity index (χ0n) is 12.2. The summed E-state index contributed by atoms with van der Waals surface area (Å²) in [5.74, 6) is -0.647. The van der Waals surface area contributed by atoms with Crippen molar-refractivity contribution in [1.29, 1.82) is 0 Å². The summed E-state index contributed by atoms with van der Waals surface area (Å²) in [6.07, 6.45) is 2.92. The lowest BCUT2D eigenvalue weighted by molar-refractivity contribution is -0.131. The van der Waals surface area contributed by atoms with E-state index < -0.39 is 5.97 Å². The summed E-state index contributed by atoms with van der Waals surface area (Å²) in [6, 6.07) is 2.92. The maximum Gasteiger partial charge on any atom is 0.328 e. The molecular formula is C15H12Cl2N2O4. The van der Waals surface area contributed by atoms with Crippen LogP contribution >= 0.6 is 23.2 Å². The van der Waals surface area contributed by atoms with Gasteiger partial charge in [-0.05, 0) is 30.7 Å². The summed E-state index contributed by atoms with van der Waals surface area (Å²) < 4.78 is 7.10. The second-order valence-electron chi connectivity index (χ2n) is 4.62. The molecule has 0 saturated heterocycles. The average molecular weight is 355 g/mol. The van der Waals surface area contributed by atoms with Crippen LogP contribution in [0.3, 0.4) is 0 Å². The first kappa shape index (κ1) is 17.1. The van der Waals surface area contributed by atoms with E-state index in [9.17, 15) is 9.59 Å². The Hall–Kier alpha value is -2.31. The van der Waals surface area contributed by atoms with Crippen LogP contribution in [0.15, 0.2) is 18.2 Å². The van der Waals surface area contributed by atoms with Crippen LogP contribution in [0.4, 0.5) is 0 Å². The van der Waals surface area contributed by atoms with Gasteiger partial charge >= 0.3 is 5.97 Å². The van der Waals surface area contributed by atoms with Crippen LogP contribution in [0.25, 0.3) is 6.08 Å². The summed E-state index contributed by atoms with van der Waals surface area (Å²) in [5.41, 5.74) is 1.25. The van der Waals surface area contributed by atoms with E-state index >= 15 is 0 Å². The van der Waals surface area contributed by atoms with Gasteiger partial charge in [0, 0.05) is 18.1 Å². The third-order valence-corrected chi connectivity index (χ3v) is 3.62. The van der Waals surface area contributed by atoms with Crippen molar-refractivity contribution in [2.24, 2.45) is 7.05 Å². The number of aromatic nitrogens is 2. The minimum Gasteiger partial charge on any atom is -0.478 e. The highest BCUT2D eigenvalue weighted by Gasteiger charge is 2.17. The topological polar surface area (TPSA) is 81.4 Å². The SMILES string of the molecule is Cc1nn(C)c(Oc2cc(/C=C/C(=O)O)c(Cl)cc2Cl)c1C=O. The van der Waals surface area contributed by atoms with Gasteiger partial charge in [0.2, 0.25) is 5.88 Å². The molecule has 1 aromatic heterocycles. The minimum absolute atomic E-state index is 0.221. The molecule has 8 heteroatoms. The number of ether oxygens (including phenoxy) is 1. The van der Waals surface area contributed by atoms with E-state index in [0.29, 0.717) is 23.1 Å². The van der Waals surface area contributed by atoms with Crippen molar-refractivity contribution in [1.82, 2.24) is 9.78 Å². The largest absolute Gasteiger partial charge is 0.478 e. The van der Waals surface area contributed by atoms with Crippen LogP contribution in [-0.2, 0) is 11.8 Å². The predicted octanol–water partition coefficient (Wildman–Crippen LogP) is 3.74. The number of halogens is 2. The number of nitrogens with zero attached hydrogens (tertiary/aromatic N) is 2. The third-order valence-electron chi connectivity index (χ3n) is 3.00. The van der Waals surface area contributed by atoms with Crippen molar-refractivity contribution in [2.75, 3.05) is 0 Å². The van der Waals surface area contributed by atoms with Crippen molar-refractivity contribution in [3.05, 3.63) is 45.1 Å². The number of carbonyl (C=O) groups is 2. The summed E-state index contributed by atoms with van der Waals surface area (Å²) in [5, 5.41) is 13.3. The molecule has 0 radical (unpaired) electrons. The van der Waals surface area contributed by atoms with E-state index in [1.807, 2.05) is 0 Å². The molecule has 1 aromatic carbocycles. The standard InChI is InChI=1S/C15H12Cl2N2O4/c1-8-10(7-20)15(19(2)18-8)23-13-5-9(3-4-14(21)22)11(16)6-12(13)17/h3-7H,1-2H3,(H,21,22)/b4-3+. The van der Waals surface area contributed by atoms with Crippen molar-refractivity contribution in [3.63, 3.8) is 0 Å². The Balaban J connectivity index is 2.46. The molecule has 0 aliphatic carbocycles. The van der Waals surface area contributed by atoms with Crippen LogP contribution in [0, 0.1) is 6.92 Å². The van der Waals surface area contributed by atoms with Gasteiger partial charge in [0.1, 0.15) is 5.75 Å². The van der Waals surface area contributed by atoms with Gasteiger partial charge in [0.15, 0.2) is 6.29 Å². The van der Waals surface area contributed by atoms with Gasteiger partial charge in [0.05, 0.1) is 16.3 Å². The molecule has 0 fully saturated rings. The molecule has 0 bridgehead atoms. The molecule has 6 nitrogen and oxygen atoms in total. The van der Waals surface area contributed by atoms with Gasteiger partial charge in [-0.25, -0.2) is 9.48 Å². The first-order chi connectivity index (χ1) is 10.8. The fraction of sp³-hybridized carbons (Fsp3) is 0.133. The van der Waals surface area contributed by atoms with Gasteiger partial charge in [-0.2, -0.15) is 5.10 Å². The van der Waals surface area contributed by atoms with Crippen LogP contribution in [0.2, 0.25) is 10.0 Å². The highest BCUT2D eigenvalue weighted by atomic mass is 35.5. The Bertz CT molecular complexity index is 812. The second-order valence-corrected chi connectivity index (χ2v) is 5.44. The number of aliphatic carboxylic acids is 1. The van der Waals surface area contributed by atoms with E-state index in [1.165, 1.54) is 22.9 Å². The van der Waals surface area contributed by atoms with Gasteiger partial charge in [-0.15, -0.1) is 0 Å². The molecule has 0 amide bonds. The van der Waals surface area contributed by atoms with Crippen LogP contribution in [-0.4, -0.2) is 27.1 Å². The first-order valence-corrected chi connectivity index (χ1v) is 7.15. The molecule has 0 unspecified atom stereocenters. The van der Waals surface area contributed by atoms with Crippen LogP contribution in [0.5, 0.6) is 11.6 Å². The first-order valence-electron chi connectivity index (χ1n) is 6.40. The third kappa shape index (κ3) is 3.72. The second kappa shape index (κ2) is 6.85. The van der Waals surface area contributed by atoms with Gasteiger partial charge in [-0.3, -0.25) is 4.79 Å². The molecule has 1 N–H and O–H groups in total. The smallest absolute Gasteiger partial charge is 0.328 e. The van der Waals surface area contributed by atoms with E-state index in [4.69, 9.17) is 33.0 Å². The van der Waals surface area contributed by atoms with Gasteiger partial charge in [-0.1, -0.05) is 23.2 Å². The Kier molecular flexibility index (Phi) is 5.08. The maximum absolute atomic E-state index is 11.2. The molecule has 0 spiro atoms. The van der Waals surface area contributed by atoms with E-state index in [2.05, 4.69) is 5.10 Å². The number of hydrogen-bond donors (Lipinski definition) is 1. The molecule has 2 rings (SSSR count). The number of carboxylic acid groups (broad SMARTS) is 1. The van der Waals surface area contributed by atoms with Crippen molar-refractivity contribution < 1.29 is 19.4 Å². The van der Waals surface area contributed by atoms with Crippen molar-refractivity contribution in [2.45, 2.75) is 6.92 Å². The van der Waals surface area contributed by atoms with Crippen molar-refractivity contribution >= 4 is 41.5 Å². The normalized spacial score (nSPS) is 11.0. The molecule has 120 valence electrons. The molecule has 0 atom stereocenters. The van der Waals surface area contributed by atoms with Crippen LogP contribution in [0.1, 0.15) is 21.6 Å². The van der Waals surface area contributed by atoms with Gasteiger partial charge < -0.3 is 9.84 Å². The number of aldehydes is 1. The maximum atomic E-state index is 11.2. The monoisotopic (exact) mass is 354 g/mol. The molecule has 23 heavy (non-hydrogen) atoms. The Morgan fingerprint density at radius 3 is 2.65 bits per heavy atom. The molecule has 0 saturated carbocycles. The van der Waals surface area contributed by atoms with Crippen LogP contribution < -0.4 is 4.74 Å². The number of carboxylic acids is 1. The Labute approximate surface area is 141 Å². The average Bonchev–Trinajstić information content (AvgIpc) is 2.73. The summed E-state index contributed by atoms with van der Waals surface area (Å²) in [7, 11) is 1.63.